The second kappa shape index (κ2) is 5.22. The summed E-state index contributed by atoms with van der Waals surface area (Å²) in [5.41, 5.74) is 1.11. The van der Waals surface area contributed by atoms with Crippen LogP contribution in [-0.4, -0.2) is 31.9 Å². The first-order valence-electron chi connectivity index (χ1n) is 5.83. The van der Waals surface area contributed by atoms with Gasteiger partial charge in [0.1, 0.15) is 11.6 Å². The zero-order chi connectivity index (χ0) is 14.9. The van der Waals surface area contributed by atoms with Crippen LogP contribution in [0.2, 0.25) is 0 Å². The average molecular weight is 295 g/mol. The Morgan fingerprint density at radius 2 is 1.60 bits per heavy atom. The third-order valence-electron chi connectivity index (χ3n) is 2.85. The molecule has 6 heteroatoms. The lowest BCUT2D eigenvalue weighted by Crippen LogP contribution is -2.22. The molecule has 0 aliphatic carbocycles. The van der Waals surface area contributed by atoms with Gasteiger partial charge in [0.15, 0.2) is 0 Å². The highest BCUT2D eigenvalue weighted by atomic mass is 32.2. The fraction of sp³-hybridized carbons (Fsp3) is 0.143. The molecule has 106 valence electrons. The van der Waals surface area contributed by atoms with Crippen molar-refractivity contribution in [2.45, 2.75) is 4.90 Å². The van der Waals surface area contributed by atoms with Gasteiger partial charge in [-0.2, -0.15) is 0 Å². The molecule has 0 amide bonds. The fourth-order valence-corrected chi connectivity index (χ4v) is 2.67. The first kappa shape index (κ1) is 14.5. The summed E-state index contributed by atoms with van der Waals surface area (Å²) in [6, 6.07) is 9.75. The topological polar surface area (TPSA) is 57.6 Å². The Bertz CT molecular complexity index is 704. The van der Waals surface area contributed by atoms with Crippen LogP contribution in [0.25, 0.3) is 11.1 Å². The predicted octanol–water partition coefficient (Wildman–Crippen LogP) is 2.45. The van der Waals surface area contributed by atoms with E-state index in [1.54, 1.807) is 12.1 Å². The van der Waals surface area contributed by atoms with Gasteiger partial charge in [0.05, 0.1) is 4.90 Å². The van der Waals surface area contributed by atoms with E-state index in [0.29, 0.717) is 11.1 Å². The minimum absolute atomic E-state index is 0.159. The van der Waals surface area contributed by atoms with E-state index < -0.39 is 15.8 Å². The summed E-state index contributed by atoms with van der Waals surface area (Å²) in [6.45, 7) is 0. The Morgan fingerprint density at radius 1 is 1.00 bits per heavy atom. The van der Waals surface area contributed by atoms with Crippen molar-refractivity contribution in [2.75, 3.05) is 14.1 Å². The summed E-state index contributed by atoms with van der Waals surface area (Å²) in [7, 11) is -0.578. The largest absolute Gasteiger partial charge is 0.508 e. The second-order valence-electron chi connectivity index (χ2n) is 4.51. The SMILES string of the molecule is CN(C)S(=O)(=O)c1ccc(-c2cc(O)cc(F)c2)cc1. The number of hydrogen-bond donors (Lipinski definition) is 1. The van der Waals surface area contributed by atoms with Crippen molar-refractivity contribution in [3.05, 3.63) is 48.3 Å². The highest BCUT2D eigenvalue weighted by Gasteiger charge is 2.16. The molecule has 0 saturated heterocycles. The summed E-state index contributed by atoms with van der Waals surface area (Å²) in [5.74, 6) is -0.727. The number of sulfonamides is 1. The van der Waals surface area contributed by atoms with Gasteiger partial charge >= 0.3 is 0 Å². The number of halogens is 1. The van der Waals surface area contributed by atoms with Gasteiger partial charge in [0.2, 0.25) is 10.0 Å². The Morgan fingerprint density at radius 3 is 2.10 bits per heavy atom. The lowest BCUT2D eigenvalue weighted by Gasteiger charge is -2.11. The molecule has 4 nitrogen and oxygen atoms in total. The van der Waals surface area contributed by atoms with E-state index in [4.69, 9.17) is 0 Å². The molecule has 0 heterocycles. The van der Waals surface area contributed by atoms with Crippen LogP contribution in [-0.2, 0) is 10.0 Å². The molecule has 0 spiro atoms. The first-order chi connectivity index (χ1) is 9.30. The van der Waals surface area contributed by atoms with Crippen LogP contribution < -0.4 is 0 Å². The normalized spacial score (nSPS) is 11.8. The first-order valence-corrected chi connectivity index (χ1v) is 7.27. The summed E-state index contributed by atoms with van der Waals surface area (Å²) in [5, 5.41) is 9.37. The Labute approximate surface area is 117 Å². The van der Waals surface area contributed by atoms with Crippen molar-refractivity contribution in [1.29, 1.82) is 0 Å². The van der Waals surface area contributed by atoms with Crippen LogP contribution in [0.1, 0.15) is 0 Å². The van der Waals surface area contributed by atoms with Crippen molar-refractivity contribution in [3.63, 3.8) is 0 Å². The van der Waals surface area contributed by atoms with Crippen LogP contribution in [0.15, 0.2) is 47.4 Å². The molecular formula is C14H14FNO3S. The molecule has 0 aliphatic rings. The number of phenolic OH excluding ortho intramolecular Hbond substituents is 1. The third-order valence-corrected chi connectivity index (χ3v) is 4.68. The lowest BCUT2D eigenvalue weighted by atomic mass is 10.1. The quantitative estimate of drug-likeness (QED) is 0.946. The van der Waals surface area contributed by atoms with Crippen molar-refractivity contribution in [1.82, 2.24) is 4.31 Å². The van der Waals surface area contributed by atoms with E-state index in [1.165, 1.54) is 38.4 Å². The van der Waals surface area contributed by atoms with E-state index >= 15 is 0 Å². The van der Waals surface area contributed by atoms with Crippen LogP contribution >= 0.6 is 0 Å². The van der Waals surface area contributed by atoms with Gasteiger partial charge in [0, 0.05) is 20.2 Å². The van der Waals surface area contributed by atoms with Crippen molar-refractivity contribution in [2.24, 2.45) is 0 Å². The molecule has 1 N–H and O–H groups in total. The molecule has 0 aliphatic heterocycles. The number of hydrogen-bond acceptors (Lipinski definition) is 3. The van der Waals surface area contributed by atoms with Crippen LogP contribution in [0.4, 0.5) is 4.39 Å². The Balaban J connectivity index is 2.43. The zero-order valence-electron chi connectivity index (χ0n) is 11.0. The highest BCUT2D eigenvalue weighted by molar-refractivity contribution is 7.89. The van der Waals surface area contributed by atoms with Gasteiger partial charge in [-0.1, -0.05) is 12.1 Å². The summed E-state index contributed by atoms with van der Waals surface area (Å²) >= 11 is 0. The standard InChI is InChI=1S/C14H14FNO3S/c1-16(2)20(18,19)14-5-3-10(4-6-14)11-7-12(15)9-13(17)8-11/h3-9,17H,1-2H3. The lowest BCUT2D eigenvalue weighted by molar-refractivity contribution is 0.469. The molecule has 0 atom stereocenters. The Hall–Kier alpha value is -1.92. The van der Waals surface area contributed by atoms with Crippen molar-refractivity contribution >= 4 is 10.0 Å². The smallest absolute Gasteiger partial charge is 0.242 e. The molecule has 20 heavy (non-hydrogen) atoms. The van der Waals surface area contributed by atoms with E-state index in [0.717, 1.165) is 10.4 Å². The zero-order valence-corrected chi connectivity index (χ0v) is 11.9. The number of nitrogens with zero attached hydrogens (tertiary/aromatic N) is 1. The molecule has 0 fully saturated rings. The minimum Gasteiger partial charge on any atom is -0.508 e. The van der Waals surface area contributed by atoms with E-state index in [9.17, 15) is 17.9 Å². The number of aromatic hydroxyl groups is 1. The average Bonchev–Trinajstić information content (AvgIpc) is 2.37. The molecule has 0 unspecified atom stereocenters. The summed E-state index contributed by atoms with van der Waals surface area (Å²) in [4.78, 5) is 0.159. The van der Waals surface area contributed by atoms with Gasteiger partial charge < -0.3 is 5.11 Å². The Kier molecular flexibility index (Phi) is 3.78. The summed E-state index contributed by atoms with van der Waals surface area (Å²) < 4.78 is 38.2. The van der Waals surface area contributed by atoms with Crippen molar-refractivity contribution in [3.8, 4) is 16.9 Å². The predicted molar refractivity (Wildman–Crippen MR) is 74.4 cm³/mol. The fourth-order valence-electron chi connectivity index (χ4n) is 1.77. The molecule has 0 radical (unpaired) electrons. The second-order valence-corrected chi connectivity index (χ2v) is 6.66. The molecule has 2 aromatic carbocycles. The van der Waals surface area contributed by atoms with Crippen LogP contribution in [0.3, 0.4) is 0 Å². The molecule has 2 aromatic rings. The monoisotopic (exact) mass is 295 g/mol. The molecule has 0 aromatic heterocycles. The van der Waals surface area contributed by atoms with Gasteiger partial charge in [-0.15, -0.1) is 0 Å². The van der Waals surface area contributed by atoms with E-state index in [1.807, 2.05) is 0 Å². The van der Waals surface area contributed by atoms with Gasteiger partial charge in [-0.25, -0.2) is 17.1 Å². The number of rotatable bonds is 3. The number of phenols is 1. The highest BCUT2D eigenvalue weighted by Crippen LogP contribution is 2.26. The summed E-state index contributed by atoms with van der Waals surface area (Å²) in [6.07, 6.45) is 0. The van der Waals surface area contributed by atoms with Crippen LogP contribution in [0.5, 0.6) is 5.75 Å². The van der Waals surface area contributed by atoms with Gasteiger partial charge in [0.25, 0.3) is 0 Å². The minimum atomic E-state index is -3.48. The van der Waals surface area contributed by atoms with Crippen LogP contribution in [0, 0.1) is 5.82 Å². The molecule has 0 saturated carbocycles. The molecule has 0 bridgehead atoms. The third kappa shape index (κ3) is 2.81. The maximum absolute atomic E-state index is 13.2. The van der Waals surface area contributed by atoms with Crippen molar-refractivity contribution < 1.29 is 17.9 Å². The maximum Gasteiger partial charge on any atom is 0.242 e. The van der Waals surface area contributed by atoms with E-state index in [-0.39, 0.29) is 10.6 Å². The number of benzene rings is 2. The van der Waals surface area contributed by atoms with Gasteiger partial charge in [-0.05, 0) is 35.4 Å². The maximum atomic E-state index is 13.2. The molecular weight excluding hydrogens is 281 g/mol. The van der Waals surface area contributed by atoms with E-state index in [2.05, 4.69) is 0 Å². The van der Waals surface area contributed by atoms with Gasteiger partial charge in [-0.3, -0.25) is 0 Å². The molecule has 2 rings (SSSR count).